The Morgan fingerprint density at radius 2 is 1.83 bits per heavy atom. The molecule has 0 fully saturated rings. The van der Waals surface area contributed by atoms with E-state index in [4.69, 9.17) is 5.11 Å². The predicted molar refractivity (Wildman–Crippen MR) is 86.8 cm³/mol. The molecular formula is C16H22F3NO3S. The Bertz CT molecular complexity index is 582. The number of hydrogen-bond acceptors (Lipinski definition) is 3. The normalized spacial score (nSPS) is 18.5. The molecule has 0 spiro atoms. The van der Waals surface area contributed by atoms with Gasteiger partial charge in [-0.3, -0.25) is 0 Å². The van der Waals surface area contributed by atoms with E-state index in [1.165, 1.54) is 25.1 Å². The van der Waals surface area contributed by atoms with Gasteiger partial charge >= 0.3 is 5.97 Å². The summed E-state index contributed by atoms with van der Waals surface area (Å²) in [5.41, 5.74) is -2.00. The molecule has 0 aliphatic rings. The Kier molecular flexibility index (Phi) is 6.72. The fourth-order valence-electron chi connectivity index (χ4n) is 2.03. The van der Waals surface area contributed by atoms with E-state index in [0.717, 1.165) is 6.07 Å². The van der Waals surface area contributed by atoms with Gasteiger partial charge in [0.1, 0.15) is 22.3 Å². The summed E-state index contributed by atoms with van der Waals surface area (Å²) in [4.78, 5) is 10.7. The lowest BCUT2D eigenvalue weighted by atomic mass is 9.85. The van der Waals surface area contributed by atoms with Gasteiger partial charge in [0.2, 0.25) is 0 Å². The van der Waals surface area contributed by atoms with Gasteiger partial charge in [-0.05, 0) is 33.8 Å². The molecule has 24 heavy (non-hydrogen) atoms. The molecular weight excluding hydrogens is 343 g/mol. The van der Waals surface area contributed by atoms with Crippen molar-refractivity contribution in [1.82, 2.24) is 4.72 Å². The minimum Gasteiger partial charge on any atom is -0.598 e. The van der Waals surface area contributed by atoms with E-state index in [1.807, 2.05) is 0 Å². The number of hydrogen-bond donors (Lipinski definition) is 2. The molecule has 1 aromatic rings. The van der Waals surface area contributed by atoms with Gasteiger partial charge in [-0.2, -0.15) is 0 Å². The first kappa shape index (κ1) is 20.8. The van der Waals surface area contributed by atoms with Gasteiger partial charge in [-0.15, -0.1) is 4.72 Å². The number of alkyl halides is 2. The van der Waals surface area contributed by atoms with Crippen LogP contribution in [-0.2, 0) is 21.7 Å². The first-order valence-electron chi connectivity index (χ1n) is 7.35. The van der Waals surface area contributed by atoms with E-state index < -0.39 is 52.2 Å². The van der Waals surface area contributed by atoms with Crippen LogP contribution in [0.5, 0.6) is 0 Å². The second-order valence-electron chi connectivity index (χ2n) is 6.67. The average Bonchev–Trinajstić information content (AvgIpc) is 2.46. The molecule has 2 unspecified atom stereocenters. The number of aliphatic carboxylic acids is 1. The molecule has 0 aromatic heterocycles. The van der Waals surface area contributed by atoms with Crippen LogP contribution in [-0.4, -0.2) is 32.7 Å². The number of nitrogens with one attached hydrogen (secondary N) is 1. The van der Waals surface area contributed by atoms with Crippen LogP contribution >= 0.6 is 0 Å². The van der Waals surface area contributed by atoms with Gasteiger partial charge in [0.15, 0.2) is 6.17 Å². The maximum atomic E-state index is 14.8. The zero-order valence-corrected chi connectivity index (χ0v) is 14.8. The fraction of sp³-hybridized carbons (Fsp3) is 0.562. The molecule has 4 nitrogen and oxygen atoms in total. The predicted octanol–water partition coefficient (Wildman–Crippen LogP) is 3.24. The van der Waals surface area contributed by atoms with Crippen molar-refractivity contribution in [3.05, 3.63) is 35.6 Å². The van der Waals surface area contributed by atoms with Crippen LogP contribution in [0.1, 0.15) is 39.7 Å². The van der Waals surface area contributed by atoms with Crippen molar-refractivity contribution in [1.29, 1.82) is 0 Å². The molecule has 0 radical (unpaired) electrons. The second-order valence-corrected chi connectivity index (χ2v) is 8.64. The highest BCUT2D eigenvalue weighted by atomic mass is 32.2. The molecule has 8 heteroatoms. The van der Waals surface area contributed by atoms with Crippen LogP contribution < -0.4 is 4.72 Å². The highest BCUT2D eigenvalue weighted by molar-refractivity contribution is 7.90. The van der Waals surface area contributed by atoms with Crippen LogP contribution in [0.3, 0.4) is 0 Å². The van der Waals surface area contributed by atoms with Crippen molar-refractivity contribution < 1.29 is 27.6 Å². The summed E-state index contributed by atoms with van der Waals surface area (Å²) in [5, 5.41) is 8.64. The number of carboxylic acids is 1. The molecule has 136 valence electrons. The van der Waals surface area contributed by atoms with Crippen LogP contribution in [0.4, 0.5) is 13.2 Å². The standard InChI is InChI=1S/C16H22F3NO3S/c1-15(2,3)24(23)20-16(4,10-7-5-6-8-11(10)17)13(19)9-12(18)14(21)22/h5-8,12-13,20H,9H2,1-4H3,(H,21,22)/t12?,13-,16-,24?/m1/s1. The van der Waals surface area contributed by atoms with Crippen LogP contribution in [0, 0.1) is 5.82 Å². The lowest BCUT2D eigenvalue weighted by Gasteiger charge is -2.37. The van der Waals surface area contributed by atoms with E-state index in [-0.39, 0.29) is 5.56 Å². The molecule has 0 heterocycles. The van der Waals surface area contributed by atoms with Gasteiger partial charge in [0.05, 0.1) is 0 Å². The quantitative estimate of drug-likeness (QED) is 0.728. The minimum atomic E-state index is -2.45. The molecule has 0 aliphatic heterocycles. The highest BCUT2D eigenvalue weighted by Gasteiger charge is 2.46. The number of benzene rings is 1. The van der Waals surface area contributed by atoms with Crippen LogP contribution in [0.2, 0.25) is 0 Å². The van der Waals surface area contributed by atoms with E-state index in [0.29, 0.717) is 0 Å². The van der Waals surface area contributed by atoms with Crippen molar-refractivity contribution in [2.24, 2.45) is 0 Å². The molecule has 1 rings (SSSR count). The molecule has 0 saturated heterocycles. The zero-order valence-electron chi connectivity index (χ0n) is 14.0. The summed E-state index contributed by atoms with van der Waals surface area (Å²) < 4.78 is 56.6. The van der Waals surface area contributed by atoms with Crippen LogP contribution in [0.25, 0.3) is 0 Å². The average molecular weight is 365 g/mol. The summed E-state index contributed by atoms with van der Waals surface area (Å²) in [6.07, 6.45) is -5.56. The van der Waals surface area contributed by atoms with Gasteiger partial charge in [-0.1, -0.05) is 18.2 Å². The van der Waals surface area contributed by atoms with Crippen molar-refractivity contribution in [2.45, 2.75) is 56.7 Å². The summed E-state index contributed by atoms with van der Waals surface area (Å²) in [6, 6.07) is 5.27. The molecule has 1 aromatic carbocycles. The zero-order chi connectivity index (χ0) is 18.7. The van der Waals surface area contributed by atoms with E-state index >= 15 is 0 Å². The van der Waals surface area contributed by atoms with E-state index in [2.05, 4.69) is 4.72 Å². The largest absolute Gasteiger partial charge is 0.598 e. The topological polar surface area (TPSA) is 72.4 Å². The summed E-state index contributed by atoms with van der Waals surface area (Å²) in [5.74, 6) is -2.56. The van der Waals surface area contributed by atoms with Gasteiger partial charge in [-0.25, -0.2) is 18.0 Å². The Morgan fingerprint density at radius 3 is 2.29 bits per heavy atom. The highest BCUT2D eigenvalue weighted by Crippen LogP contribution is 2.34. The van der Waals surface area contributed by atoms with Gasteiger partial charge in [0.25, 0.3) is 0 Å². The minimum absolute atomic E-state index is 0.146. The van der Waals surface area contributed by atoms with E-state index in [9.17, 15) is 22.5 Å². The lowest BCUT2D eigenvalue weighted by Crippen LogP contribution is -2.55. The van der Waals surface area contributed by atoms with Gasteiger partial charge in [0, 0.05) is 23.3 Å². The molecule has 4 atom stereocenters. The maximum absolute atomic E-state index is 14.8. The third-order valence-electron chi connectivity index (χ3n) is 3.60. The Morgan fingerprint density at radius 1 is 1.29 bits per heavy atom. The summed E-state index contributed by atoms with van der Waals surface area (Å²) in [7, 11) is 0. The van der Waals surface area contributed by atoms with Crippen molar-refractivity contribution in [3.63, 3.8) is 0 Å². The first-order chi connectivity index (χ1) is 10.9. The summed E-state index contributed by atoms with van der Waals surface area (Å²) >= 11 is -1.79. The summed E-state index contributed by atoms with van der Waals surface area (Å²) in [6.45, 7) is 6.16. The SMILES string of the molecule is CC(C)(C)[S+]([O-])N[C@](C)(c1ccccc1F)[C@H](F)CC(F)C(=O)O. The third-order valence-corrected chi connectivity index (χ3v) is 5.32. The number of carboxylic acid groups (broad SMARTS) is 1. The van der Waals surface area contributed by atoms with Crippen molar-refractivity contribution in [2.75, 3.05) is 0 Å². The molecule has 0 saturated carbocycles. The van der Waals surface area contributed by atoms with Crippen molar-refractivity contribution >= 4 is 17.3 Å². The molecule has 0 aliphatic carbocycles. The second kappa shape index (κ2) is 7.76. The fourth-order valence-corrected chi connectivity index (χ4v) is 2.96. The van der Waals surface area contributed by atoms with Crippen molar-refractivity contribution in [3.8, 4) is 0 Å². The third kappa shape index (κ3) is 4.87. The number of carbonyl (C=O) groups is 1. The Hall–Kier alpha value is -1.25. The molecule has 2 N–H and O–H groups in total. The van der Waals surface area contributed by atoms with Gasteiger partial charge < -0.3 is 9.66 Å². The monoisotopic (exact) mass is 365 g/mol. The molecule has 0 bridgehead atoms. The van der Waals surface area contributed by atoms with Crippen LogP contribution in [0.15, 0.2) is 24.3 Å². The smallest absolute Gasteiger partial charge is 0.338 e. The lowest BCUT2D eigenvalue weighted by molar-refractivity contribution is -0.143. The number of rotatable bonds is 7. The molecule has 0 amide bonds. The Labute approximate surface area is 142 Å². The Balaban J connectivity index is 3.25. The number of halogens is 3. The van der Waals surface area contributed by atoms with E-state index in [1.54, 1.807) is 20.8 Å². The maximum Gasteiger partial charge on any atom is 0.338 e. The first-order valence-corrected chi connectivity index (χ1v) is 8.50.